The summed E-state index contributed by atoms with van der Waals surface area (Å²) in [5.41, 5.74) is 4.34. The van der Waals surface area contributed by atoms with E-state index in [0.29, 0.717) is 34.1 Å². The molecule has 7 nitrogen and oxygen atoms in total. The lowest BCUT2D eigenvalue weighted by Crippen LogP contribution is -2.40. The second-order valence-corrected chi connectivity index (χ2v) is 13.7. The maximum absolute atomic E-state index is 14.1. The minimum absolute atomic E-state index is 0.142. The van der Waals surface area contributed by atoms with Crippen molar-refractivity contribution in [2.45, 2.75) is 58.3 Å². The standard InChI is InChI=1S/C32H37ClN4O3S/c1-22-18-23(2)31(24(3)19-22)41(39,40)36(17-16-25-12-8-7-9-13-25)21-30(38)34-29-20-28(32(4,5)6)35-37(29)27-15-11-10-14-26(27)33/h7-15,18-20H,16-17,21H2,1-6H3,(H,34,38). The summed E-state index contributed by atoms with van der Waals surface area (Å²) in [6, 6.07) is 22.4. The zero-order chi connectivity index (χ0) is 29.9. The average molecular weight is 593 g/mol. The number of hydrogen-bond donors (Lipinski definition) is 1. The molecule has 0 spiro atoms. The molecule has 4 aromatic rings. The topological polar surface area (TPSA) is 84.3 Å². The highest BCUT2D eigenvalue weighted by molar-refractivity contribution is 7.89. The molecule has 0 aliphatic carbocycles. The minimum Gasteiger partial charge on any atom is -0.309 e. The van der Waals surface area contributed by atoms with Crippen molar-refractivity contribution in [1.29, 1.82) is 0 Å². The van der Waals surface area contributed by atoms with Gasteiger partial charge in [0.2, 0.25) is 15.9 Å². The number of anilines is 1. The van der Waals surface area contributed by atoms with Crippen LogP contribution in [0.15, 0.2) is 77.7 Å². The highest BCUT2D eigenvalue weighted by Gasteiger charge is 2.30. The second-order valence-electron chi connectivity index (χ2n) is 11.4. The fourth-order valence-corrected chi connectivity index (χ4v) is 6.90. The molecule has 0 saturated heterocycles. The van der Waals surface area contributed by atoms with Gasteiger partial charge in [0.1, 0.15) is 5.82 Å². The Kier molecular flexibility index (Phi) is 9.07. The third kappa shape index (κ3) is 7.07. The van der Waals surface area contributed by atoms with Crippen LogP contribution in [0.5, 0.6) is 0 Å². The molecule has 1 heterocycles. The first-order valence-electron chi connectivity index (χ1n) is 13.5. The zero-order valence-electron chi connectivity index (χ0n) is 24.4. The Balaban J connectivity index is 1.69. The zero-order valence-corrected chi connectivity index (χ0v) is 26.0. The number of hydrogen-bond acceptors (Lipinski definition) is 4. The first-order chi connectivity index (χ1) is 19.3. The van der Waals surface area contributed by atoms with Crippen molar-refractivity contribution in [2.24, 2.45) is 0 Å². The van der Waals surface area contributed by atoms with E-state index in [1.807, 2.05) is 88.4 Å². The van der Waals surface area contributed by atoms with Crippen LogP contribution >= 0.6 is 11.6 Å². The van der Waals surface area contributed by atoms with Gasteiger partial charge in [0, 0.05) is 18.0 Å². The van der Waals surface area contributed by atoms with Crippen LogP contribution < -0.4 is 5.32 Å². The average Bonchev–Trinajstić information content (AvgIpc) is 3.30. The smallest absolute Gasteiger partial charge is 0.244 e. The van der Waals surface area contributed by atoms with Crippen LogP contribution in [-0.4, -0.2) is 41.5 Å². The molecule has 41 heavy (non-hydrogen) atoms. The molecule has 0 bridgehead atoms. The molecule has 0 radical (unpaired) electrons. The van der Waals surface area contributed by atoms with Crippen LogP contribution in [0, 0.1) is 20.8 Å². The molecule has 1 N–H and O–H groups in total. The summed E-state index contributed by atoms with van der Waals surface area (Å²) in [4.78, 5) is 13.8. The van der Waals surface area contributed by atoms with Gasteiger partial charge in [-0.15, -0.1) is 0 Å². The minimum atomic E-state index is -3.99. The Bertz CT molecular complexity index is 1630. The van der Waals surface area contributed by atoms with Gasteiger partial charge >= 0.3 is 0 Å². The van der Waals surface area contributed by atoms with E-state index >= 15 is 0 Å². The maximum atomic E-state index is 14.1. The number of benzene rings is 3. The molecule has 0 aliphatic rings. The van der Waals surface area contributed by atoms with E-state index in [4.69, 9.17) is 16.7 Å². The molecule has 0 unspecified atom stereocenters. The fourth-order valence-electron chi connectivity index (χ4n) is 4.87. The molecular weight excluding hydrogens is 556 g/mol. The van der Waals surface area contributed by atoms with Gasteiger partial charge in [-0.1, -0.05) is 92.5 Å². The predicted octanol–water partition coefficient (Wildman–Crippen LogP) is 6.62. The maximum Gasteiger partial charge on any atom is 0.244 e. The van der Waals surface area contributed by atoms with Crippen molar-refractivity contribution in [3.8, 4) is 5.69 Å². The number of halogens is 1. The third-order valence-electron chi connectivity index (χ3n) is 6.84. The number of para-hydroxylation sites is 1. The molecule has 1 aromatic heterocycles. The van der Waals surface area contributed by atoms with Crippen molar-refractivity contribution < 1.29 is 13.2 Å². The van der Waals surface area contributed by atoms with E-state index in [9.17, 15) is 13.2 Å². The highest BCUT2D eigenvalue weighted by Crippen LogP contribution is 2.30. The first-order valence-corrected chi connectivity index (χ1v) is 15.4. The SMILES string of the molecule is Cc1cc(C)c(S(=O)(=O)N(CCc2ccccc2)CC(=O)Nc2cc(C(C)(C)C)nn2-c2ccccc2Cl)c(C)c1. The number of sulfonamides is 1. The molecular formula is C32H37ClN4O3S. The molecule has 4 rings (SSSR count). The Labute approximate surface area is 248 Å². The molecule has 9 heteroatoms. The third-order valence-corrected chi connectivity index (χ3v) is 9.31. The van der Waals surface area contributed by atoms with Gasteiger partial charge in [0.15, 0.2) is 0 Å². The normalized spacial score (nSPS) is 12.1. The van der Waals surface area contributed by atoms with Gasteiger partial charge < -0.3 is 5.32 Å². The number of aryl methyl sites for hydroxylation is 3. The molecule has 0 saturated carbocycles. The van der Waals surface area contributed by atoms with Crippen LogP contribution in [0.25, 0.3) is 5.69 Å². The number of amides is 1. The summed E-state index contributed by atoms with van der Waals surface area (Å²) >= 11 is 6.48. The summed E-state index contributed by atoms with van der Waals surface area (Å²) in [5, 5.41) is 8.13. The lowest BCUT2D eigenvalue weighted by atomic mass is 9.92. The van der Waals surface area contributed by atoms with Crippen LogP contribution in [0.1, 0.15) is 48.7 Å². The van der Waals surface area contributed by atoms with Crippen LogP contribution in [0.2, 0.25) is 5.02 Å². The van der Waals surface area contributed by atoms with Crippen molar-refractivity contribution in [3.63, 3.8) is 0 Å². The summed E-state index contributed by atoms with van der Waals surface area (Å²) in [6.45, 7) is 11.4. The van der Waals surface area contributed by atoms with Gasteiger partial charge in [-0.2, -0.15) is 9.40 Å². The van der Waals surface area contributed by atoms with Gasteiger partial charge in [-0.25, -0.2) is 13.1 Å². The number of rotatable bonds is 9. The molecule has 0 fully saturated rings. The Hall–Kier alpha value is -3.46. The molecule has 0 aliphatic heterocycles. The van der Waals surface area contributed by atoms with Crippen LogP contribution in [0.4, 0.5) is 5.82 Å². The monoisotopic (exact) mass is 592 g/mol. The fraction of sp³-hybridized carbons (Fsp3) is 0.312. The van der Waals surface area contributed by atoms with E-state index in [1.165, 1.54) is 4.31 Å². The Morgan fingerprint density at radius 1 is 0.951 bits per heavy atom. The van der Waals surface area contributed by atoms with Gasteiger partial charge in [0.05, 0.1) is 27.8 Å². The number of carbonyl (C=O) groups excluding carboxylic acids is 1. The Morgan fingerprint density at radius 2 is 1.56 bits per heavy atom. The van der Waals surface area contributed by atoms with Gasteiger partial charge in [-0.05, 0) is 56.0 Å². The van der Waals surface area contributed by atoms with E-state index in [2.05, 4.69) is 5.32 Å². The number of nitrogens with one attached hydrogen (secondary N) is 1. The van der Waals surface area contributed by atoms with Crippen LogP contribution in [-0.2, 0) is 26.7 Å². The van der Waals surface area contributed by atoms with Crippen molar-refractivity contribution >= 4 is 33.3 Å². The quantitative estimate of drug-likeness (QED) is 0.237. The molecule has 216 valence electrons. The number of carbonyl (C=O) groups is 1. The molecule has 1 amide bonds. The summed E-state index contributed by atoms with van der Waals surface area (Å²) < 4.78 is 31.0. The highest BCUT2D eigenvalue weighted by atomic mass is 35.5. The van der Waals surface area contributed by atoms with E-state index in [-0.39, 0.29) is 23.4 Å². The second kappa shape index (κ2) is 12.2. The summed E-state index contributed by atoms with van der Waals surface area (Å²) in [6.07, 6.45) is 0.461. The largest absolute Gasteiger partial charge is 0.309 e. The van der Waals surface area contributed by atoms with E-state index in [1.54, 1.807) is 30.7 Å². The summed E-state index contributed by atoms with van der Waals surface area (Å²) in [5.74, 6) is -0.0613. The van der Waals surface area contributed by atoms with E-state index < -0.39 is 15.9 Å². The lowest BCUT2D eigenvalue weighted by molar-refractivity contribution is -0.116. The van der Waals surface area contributed by atoms with Crippen LogP contribution in [0.3, 0.4) is 0 Å². The van der Waals surface area contributed by atoms with Gasteiger partial charge in [-0.3, -0.25) is 4.79 Å². The number of nitrogens with zero attached hydrogens (tertiary/aromatic N) is 3. The van der Waals surface area contributed by atoms with Crippen molar-refractivity contribution in [2.75, 3.05) is 18.4 Å². The predicted molar refractivity (Wildman–Crippen MR) is 165 cm³/mol. The van der Waals surface area contributed by atoms with Crippen molar-refractivity contribution in [1.82, 2.24) is 14.1 Å². The van der Waals surface area contributed by atoms with Gasteiger partial charge in [0.25, 0.3) is 0 Å². The lowest BCUT2D eigenvalue weighted by Gasteiger charge is -2.24. The summed E-state index contributed by atoms with van der Waals surface area (Å²) in [7, 11) is -3.99. The van der Waals surface area contributed by atoms with Crippen molar-refractivity contribution in [3.05, 3.63) is 106 Å². The first kappa shape index (κ1) is 30.5. The number of aromatic nitrogens is 2. The molecule has 0 atom stereocenters. The molecule has 3 aromatic carbocycles. The van der Waals surface area contributed by atoms with E-state index in [0.717, 1.165) is 16.8 Å². The Morgan fingerprint density at radius 3 is 2.17 bits per heavy atom.